The largest absolute Gasteiger partial charge is 0.480 e. The van der Waals surface area contributed by atoms with Gasteiger partial charge in [-0.2, -0.15) is 30.0 Å². The minimum absolute atomic E-state index is 0. The predicted octanol–water partition coefficient (Wildman–Crippen LogP) is 0.335. The van der Waals surface area contributed by atoms with Crippen LogP contribution in [0.5, 0.6) is 0 Å². The number of nitrogens with zero attached hydrogens (tertiary/aromatic N) is 1. The van der Waals surface area contributed by atoms with Gasteiger partial charge in [0.05, 0.1) is 6.04 Å². The molecule has 7 heteroatoms. The van der Waals surface area contributed by atoms with Gasteiger partial charge in [0.2, 0.25) is 5.91 Å². The number of aliphatic carboxylic acids is 1. The first-order chi connectivity index (χ1) is 8.09. The van der Waals surface area contributed by atoms with E-state index < -0.39 is 12.0 Å². The van der Waals surface area contributed by atoms with Crippen LogP contribution in [-0.4, -0.2) is 35.3 Å². The van der Waals surface area contributed by atoms with Gasteiger partial charge in [-0.25, -0.2) is 0 Å². The molecule has 1 radical (unpaired) electrons. The summed E-state index contributed by atoms with van der Waals surface area (Å²) in [6, 6.07) is 7.30. The Bertz CT molecular complexity index is 469. The van der Waals surface area contributed by atoms with Crippen LogP contribution in [0.4, 0.5) is 5.69 Å². The minimum Gasteiger partial charge on any atom is -0.480 e. The Kier molecular flexibility index (Phi) is 5.78. The average Bonchev–Trinajstić information content (AvgIpc) is 2.42. The van der Waals surface area contributed by atoms with Crippen molar-refractivity contribution in [1.29, 1.82) is 0 Å². The molecule has 0 aromatic heterocycles. The van der Waals surface area contributed by atoms with E-state index in [0.29, 0.717) is 11.4 Å². The first-order valence-corrected chi connectivity index (χ1v) is 6.00. The maximum Gasteiger partial charge on any atom is 0.323 e. The molecular weight excluding hydrogens is 329 g/mol. The number of carbonyl (C=O) groups is 2. The summed E-state index contributed by atoms with van der Waals surface area (Å²) in [7, 11) is 0. The summed E-state index contributed by atoms with van der Waals surface area (Å²) in [5.74, 6) is -0.971. The van der Waals surface area contributed by atoms with E-state index in [1.54, 1.807) is 18.2 Å². The zero-order valence-corrected chi connectivity index (χ0v) is 13.2. The molecule has 3 N–H and O–H groups in total. The molecule has 0 aliphatic carbocycles. The van der Waals surface area contributed by atoms with Crippen LogP contribution >= 0.6 is 11.8 Å². The summed E-state index contributed by atoms with van der Waals surface area (Å²) in [5, 5.41) is 8.84. The zero-order valence-electron chi connectivity index (χ0n) is 9.50. The van der Waals surface area contributed by atoms with Crippen molar-refractivity contribution in [2.75, 3.05) is 17.2 Å². The Morgan fingerprint density at radius 2 is 2.39 bits per heavy atom. The molecule has 1 amide bonds. The Balaban J connectivity index is 0.00000162. The van der Waals surface area contributed by atoms with Crippen LogP contribution in [0.3, 0.4) is 0 Å². The van der Waals surface area contributed by atoms with Crippen LogP contribution in [0.2, 0.25) is 0 Å². The summed E-state index contributed by atoms with van der Waals surface area (Å²) in [5.41, 5.74) is 6.30. The molecule has 1 aliphatic heterocycles. The number of benzene rings is 1. The third kappa shape index (κ3) is 3.32. The average molecular weight is 340 g/mol. The van der Waals surface area contributed by atoms with Gasteiger partial charge in [0.15, 0.2) is 0 Å². The fourth-order valence-corrected chi connectivity index (χ4v) is 2.59. The molecule has 0 spiro atoms. The van der Waals surface area contributed by atoms with Gasteiger partial charge >= 0.3 is 5.97 Å². The number of fused-ring (bicyclic) bond motifs is 1. The summed E-state index contributed by atoms with van der Waals surface area (Å²) < 4.78 is 0. The Morgan fingerprint density at radius 1 is 1.67 bits per heavy atom. The summed E-state index contributed by atoms with van der Waals surface area (Å²) in [6.07, 6.45) is 0. The third-order valence-electron chi connectivity index (χ3n) is 2.39. The monoisotopic (exact) mass is 340 g/mol. The SMILES string of the molecule is NC1CSc2c[c-]ccc2N(CC(=O)O)C1=O.[Y]. The quantitative estimate of drug-likeness (QED) is 0.759. The number of carboxylic acid groups (broad SMARTS) is 1. The van der Waals surface area contributed by atoms with Crippen LogP contribution in [0.25, 0.3) is 0 Å². The number of anilines is 1. The van der Waals surface area contributed by atoms with Gasteiger partial charge in [-0.05, 0) is 0 Å². The van der Waals surface area contributed by atoms with Gasteiger partial charge in [-0.15, -0.1) is 6.07 Å². The van der Waals surface area contributed by atoms with Crippen molar-refractivity contribution in [2.24, 2.45) is 5.73 Å². The Hall–Kier alpha value is -0.426. The molecular formula is C11H11N2O3SY-. The fraction of sp³-hybridized carbons (Fsp3) is 0.273. The molecule has 1 aromatic rings. The van der Waals surface area contributed by atoms with E-state index in [1.807, 2.05) is 0 Å². The molecule has 1 heterocycles. The van der Waals surface area contributed by atoms with Gasteiger partial charge in [-0.3, -0.25) is 9.59 Å². The third-order valence-corrected chi connectivity index (χ3v) is 3.55. The van der Waals surface area contributed by atoms with Crippen molar-refractivity contribution in [2.45, 2.75) is 10.9 Å². The van der Waals surface area contributed by atoms with Gasteiger partial charge in [0.25, 0.3) is 0 Å². The molecule has 0 saturated carbocycles. The van der Waals surface area contributed by atoms with Gasteiger partial charge in [0.1, 0.15) is 6.54 Å². The van der Waals surface area contributed by atoms with E-state index in [2.05, 4.69) is 6.07 Å². The number of amides is 1. The summed E-state index contributed by atoms with van der Waals surface area (Å²) in [6.45, 7) is -0.371. The van der Waals surface area contributed by atoms with Crippen molar-refractivity contribution in [3.8, 4) is 0 Å². The second kappa shape index (κ2) is 6.66. The van der Waals surface area contributed by atoms with Crippen LogP contribution in [0, 0.1) is 6.07 Å². The molecule has 1 unspecified atom stereocenters. The molecule has 1 aliphatic rings. The number of hydrogen-bond acceptors (Lipinski definition) is 4. The van der Waals surface area contributed by atoms with Crippen LogP contribution in [0.1, 0.15) is 0 Å². The van der Waals surface area contributed by atoms with Crippen LogP contribution < -0.4 is 10.6 Å². The molecule has 0 bridgehead atoms. The summed E-state index contributed by atoms with van der Waals surface area (Å²) >= 11 is 1.44. The number of carboxylic acids is 1. The molecule has 0 fully saturated rings. The number of thioether (sulfide) groups is 1. The molecule has 18 heavy (non-hydrogen) atoms. The van der Waals surface area contributed by atoms with E-state index >= 15 is 0 Å². The second-order valence-corrected chi connectivity index (χ2v) is 4.69. The van der Waals surface area contributed by atoms with Crippen LogP contribution in [-0.2, 0) is 42.3 Å². The minimum atomic E-state index is -1.06. The fourth-order valence-electron chi connectivity index (χ4n) is 1.61. The Morgan fingerprint density at radius 3 is 3.06 bits per heavy atom. The molecule has 5 nitrogen and oxygen atoms in total. The maximum atomic E-state index is 12.0. The van der Waals surface area contributed by atoms with Crippen molar-refractivity contribution in [1.82, 2.24) is 0 Å². The molecule has 93 valence electrons. The second-order valence-electron chi connectivity index (χ2n) is 3.63. The number of carbonyl (C=O) groups excluding carboxylic acids is 1. The van der Waals surface area contributed by atoms with E-state index in [-0.39, 0.29) is 45.2 Å². The maximum absolute atomic E-state index is 12.0. The van der Waals surface area contributed by atoms with Crippen molar-refractivity contribution >= 4 is 29.3 Å². The molecule has 2 rings (SSSR count). The number of rotatable bonds is 2. The number of nitrogens with two attached hydrogens (primary N) is 1. The Labute approximate surface area is 134 Å². The van der Waals surface area contributed by atoms with Gasteiger partial charge < -0.3 is 15.7 Å². The van der Waals surface area contributed by atoms with Gasteiger partial charge in [-0.1, -0.05) is 10.6 Å². The predicted molar refractivity (Wildman–Crippen MR) is 64.0 cm³/mol. The molecule has 1 atom stereocenters. The summed E-state index contributed by atoms with van der Waals surface area (Å²) in [4.78, 5) is 24.8. The smallest absolute Gasteiger partial charge is 0.323 e. The molecule has 1 aromatic carbocycles. The van der Waals surface area contributed by atoms with E-state index in [0.717, 1.165) is 4.90 Å². The van der Waals surface area contributed by atoms with Crippen molar-refractivity contribution in [3.63, 3.8) is 0 Å². The zero-order chi connectivity index (χ0) is 12.4. The van der Waals surface area contributed by atoms with Crippen molar-refractivity contribution in [3.05, 3.63) is 24.3 Å². The standard InChI is InChI=1S/C11H11N2O3S.Y/c12-7-6-17-9-4-2-1-3-8(9)13(11(7)16)5-10(14)15;/h1,3-4,7H,5-6,12H2,(H,14,15);/q-1;. The van der Waals surface area contributed by atoms with E-state index in [1.165, 1.54) is 16.7 Å². The first-order valence-electron chi connectivity index (χ1n) is 5.01. The normalized spacial score (nSPS) is 18.6. The number of hydrogen-bond donors (Lipinski definition) is 2. The van der Waals surface area contributed by atoms with Crippen LogP contribution in [0.15, 0.2) is 23.1 Å². The molecule has 0 saturated heterocycles. The first kappa shape index (κ1) is 15.6. The topological polar surface area (TPSA) is 83.6 Å². The van der Waals surface area contributed by atoms with Crippen molar-refractivity contribution < 1.29 is 47.4 Å². The van der Waals surface area contributed by atoms with Gasteiger partial charge in [0, 0.05) is 38.5 Å². The van der Waals surface area contributed by atoms with E-state index in [9.17, 15) is 9.59 Å². The van der Waals surface area contributed by atoms with E-state index in [4.69, 9.17) is 10.8 Å².